The van der Waals surface area contributed by atoms with E-state index in [4.69, 9.17) is 33.9 Å². The Bertz CT molecular complexity index is 1250. The average Bonchev–Trinajstić information content (AvgIpc) is 2.83. The molecule has 166 valence electrons. The maximum absolute atomic E-state index is 12.5. The van der Waals surface area contributed by atoms with Crippen molar-refractivity contribution in [3.63, 3.8) is 0 Å². The van der Waals surface area contributed by atoms with Crippen molar-refractivity contribution in [2.24, 2.45) is 5.73 Å². The lowest BCUT2D eigenvalue weighted by molar-refractivity contribution is -0.118. The molecule has 4 aromatic rings. The molecule has 3 N–H and O–H groups in total. The number of rotatable bonds is 8. The van der Waals surface area contributed by atoms with Crippen molar-refractivity contribution in [2.45, 2.75) is 12.3 Å². The third-order valence-electron chi connectivity index (χ3n) is 5.15. The predicted molar refractivity (Wildman–Crippen MR) is 131 cm³/mol. The van der Waals surface area contributed by atoms with Crippen LogP contribution in [0.4, 0.5) is 5.82 Å². The van der Waals surface area contributed by atoms with Crippen molar-refractivity contribution in [1.29, 1.82) is 0 Å². The smallest absolute Gasteiger partial charge is 0.229 e. The molecule has 33 heavy (non-hydrogen) atoms. The number of nitrogens with two attached hydrogens (primary N) is 1. The molecule has 0 aliphatic carbocycles. The molecule has 1 unspecified atom stereocenters. The van der Waals surface area contributed by atoms with Gasteiger partial charge >= 0.3 is 0 Å². The number of carbonyl (C=O) groups excluding carboxylic acids is 1. The predicted octanol–water partition coefficient (Wildman–Crippen LogP) is 5.12. The number of hydrogen-bond acceptors (Lipinski definition) is 5. The first-order chi connectivity index (χ1) is 16.0. The largest absolute Gasteiger partial charge is 0.369 e. The van der Waals surface area contributed by atoms with Gasteiger partial charge in [-0.2, -0.15) is 0 Å². The Hall–Kier alpha value is -3.48. The van der Waals surface area contributed by atoms with Crippen LogP contribution in [0.15, 0.2) is 79.3 Å². The number of nitrogens with one attached hydrogen (secondary N) is 1. The molecule has 0 saturated heterocycles. The molecule has 0 bridgehead atoms. The summed E-state index contributed by atoms with van der Waals surface area (Å²) in [7, 11) is 0. The molecule has 8 heteroatoms. The summed E-state index contributed by atoms with van der Waals surface area (Å²) in [5.41, 5.74) is 9.62. The zero-order valence-corrected chi connectivity index (χ0v) is 19.1. The van der Waals surface area contributed by atoms with Gasteiger partial charge in [-0.15, -0.1) is 0 Å². The van der Waals surface area contributed by atoms with E-state index in [1.54, 1.807) is 36.8 Å². The second-order valence-electron chi connectivity index (χ2n) is 7.38. The molecule has 1 atom stereocenters. The van der Waals surface area contributed by atoms with Crippen LogP contribution in [-0.4, -0.2) is 27.4 Å². The van der Waals surface area contributed by atoms with E-state index < -0.39 is 11.8 Å². The van der Waals surface area contributed by atoms with Gasteiger partial charge in [-0.1, -0.05) is 47.5 Å². The Labute approximate surface area is 201 Å². The lowest BCUT2D eigenvalue weighted by Crippen LogP contribution is -2.24. The summed E-state index contributed by atoms with van der Waals surface area (Å²) >= 11 is 12.3. The van der Waals surface area contributed by atoms with Crippen molar-refractivity contribution >= 4 is 34.9 Å². The number of aromatic nitrogens is 3. The van der Waals surface area contributed by atoms with Gasteiger partial charge in [0.1, 0.15) is 5.82 Å². The van der Waals surface area contributed by atoms with Gasteiger partial charge in [0, 0.05) is 48.4 Å². The SMILES string of the molecule is NC(=O)C(c1cccnc1)c1ccc(-c2ccc(Cl)c(Cl)c2)nc1NCCc1ccccn1. The summed E-state index contributed by atoms with van der Waals surface area (Å²) < 4.78 is 0. The van der Waals surface area contributed by atoms with Crippen LogP contribution >= 0.6 is 23.2 Å². The highest BCUT2D eigenvalue weighted by Crippen LogP contribution is 2.33. The van der Waals surface area contributed by atoms with Crippen LogP contribution < -0.4 is 11.1 Å². The maximum Gasteiger partial charge on any atom is 0.229 e. The summed E-state index contributed by atoms with van der Waals surface area (Å²) in [5.74, 6) is -0.631. The third kappa shape index (κ3) is 5.48. The van der Waals surface area contributed by atoms with E-state index in [1.807, 2.05) is 42.5 Å². The Morgan fingerprint density at radius 1 is 1.00 bits per heavy atom. The quantitative estimate of drug-likeness (QED) is 0.367. The van der Waals surface area contributed by atoms with E-state index in [2.05, 4.69) is 15.3 Å². The lowest BCUT2D eigenvalue weighted by Gasteiger charge is -2.19. The Balaban J connectivity index is 1.72. The molecule has 1 amide bonds. The number of anilines is 1. The van der Waals surface area contributed by atoms with Crippen molar-refractivity contribution in [2.75, 3.05) is 11.9 Å². The van der Waals surface area contributed by atoms with Crippen LogP contribution in [0.25, 0.3) is 11.3 Å². The maximum atomic E-state index is 12.5. The molecule has 0 aliphatic heterocycles. The standard InChI is InChI=1S/C25H21Cl2N5O/c26-20-8-6-16(14-21(20)27)22-9-7-19(23(24(28)33)17-4-3-11-29-15-17)25(32-22)31-13-10-18-5-1-2-12-30-18/h1-9,11-12,14-15,23H,10,13H2,(H2,28,33)(H,31,32). The lowest BCUT2D eigenvalue weighted by atomic mass is 9.91. The Morgan fingerprint density at radius 3 is 2.58 bits per heavy atom. The molecule has 0 aliphatic rings. The average molecular weight is 478 g/mol. The fourth-order valence-electron chi connectivity index (χ4n) is 3.56. The summed E-state index contributed by atoms with van der Waals surface area (Å²) in [6.07, 6.45) is 5.74. The van der Waals surface area contributed by atoms with Gasteiger partial charge in [0.25, 0.3) is 0 Å². The first-order valence-electron chi connectivity index (χ1n) is 10.3. The monoisotopic (exact) mass is 477 g/mol. The molecule has 0 saturated carbocycles. The van der Waals surface area contributed by atoms with Crippen LogP contribution in [0.5, 0.6) is 0 Å². The van der Waals surface area contributed by atoms with Crippen LogP contribution in [-0.2, 0) is 11.2 Å². The van der Waals surface area contributed by atoms with E-state index in [1.165, 1.54) is 0 Å². The second-order valence-corrected chi connectivity index (χ2v) is 8.20. The number of benzene rings is 1. The van der Waals surface area contributed by atoms with Crippen molar-refractivity contribution in [3.8, 4) is 11.3 Å². The van der Waals surface area contributed by atoms with Gasteiger partial charge in [0.15, 0.2) is 0 Å². The molecule has 3 heterocycles. The van der Waals surface area contributed by atoms with Crippen molar-refractivity contribution in [1.82, 2.24) is 15.0 Å². The minimum absolute atomic E-state index is 0.440. The van der Waals surface area contributed by atoms with E-state index in [0.29, 0.717) is 45.6 Å². The number of amides is 1. The molecule has 0 spiro atoms. The van der Waals surface area contributed by atoms with Gasteiger partial charge in [0.05, 0.1) is 21.7 Å². The normalized spacial score (nSPS) is 11.7. The topological polar surface area (TPSA) is 93.8 Å². The summed E-state index contributed by atoms with van der Waals surface area (Å²) in [6.45, 7) is 0.570. The number of primary amides is 1. The fraction of sp³-hybridized carbons (Fsp3) is 0.120. The van der Waals surface area contributed by atoms with Gasteiger partial charge in [-0.3, -0.25) is 14.8 Å². The fourth-order valence-corrected chi connectivity index (χ4v) is 3.86. The summed E-state index contributed by atoms with van der Waals surface area (Å²) in [4.78, 5) is 25.8. The molecule has 1 aromatic carbocycles. The van der Waals surface area contributed by atoms with Crippen LogP contribution in [0.1, 0.15) is 22.7 Å². The Kier molecular flexibility index (Phi) is 7.17. The number of nitrogens with zero attached hydrogens (tertiary/aromatic N) is 3. The van der Waals surface area contributed by atoms with Gasteiger partial charge in [0.2, 0.25) is 5.91 Å². The zero-order valence-electron chi connectivity index (χ0n) is 17.6. The van der Waals surface area contributed by atoms with Crippen molar-refractivity contribution in [3.05, 3.63) is 106 Å². The van der Waals surface area contributed by atoms with Crippen LogP contribution in [0.3, 0.4) is 0 Å². The third-order valence-corrected chi connectivity index (χ3v) is 5.89. The highest BCUT2D eigenvalue weighted by molar-refractivity contribution is 6.42. The number of halogens is 2. The van der Waals surface area contributed by atoms with E-state index in [9.17, 15) is 4.79 Å². The molecule has 6 nitrogen and oxygen atoms in total. The van der Waals surface area contributed by atoms with E-state index in [-0.39, 0.29) is 0 Å². The Morgan fingerprint density at radius 2 is 1.88 bits per heavy atom. The number of hydrogen-bond donors (Lipinski definition) is 2. The van der Waals surface area contributed by atoms with E-state index in [0.717, 1.165) is 11.3 Å². The molecule has 0 radical (unpaired) electrons. The zero-order chi connectivity index (χ0) is 23.2. The second kappa shape index (κ2) is 10.4. The summed E-state index contributed by atoms with van der Waals surface area (Å²) in [6, 6.07) is 18.4. The molecular weight excluding hydrogens is 457 g/mol. The first kappa shape index (κ1) is 22.7. The van der Waals surface area contributed by atoms with Crippen LogP contribution in [0.2, 0.25) is 10.0 Å². The van der Waals surface area contributed by atoms with Gasteiger partial charge in [-0.05, 0) is 42.0 Å². The van der Waals surface area contributed by atoms with Crippen LogP contribution in [0, 0.1) is 0 Å². The molecule has 3 aromatic heterocycles. The van der Waals surface area contributed by atoms with E-state index >= 15 is 0 Å². The highest BCUT2D eigenvalue weighted by atomic mass is 35.5. The summed E-state index contributed by atoms with van der Waals surface area (Å²) in [5, 5.41) is 4.27. The minimum atomic E-state index is -0.702. The molecule has 4 rings (SSSR count). The number of pyridine rings is 3. The van der Waals surface area contributed by atoms with Crippen molar-refractivity contribution < 1.29 is 4.79 Å². The highest BCUT2D eigenvalue weighted by Gasteiger charge is 2.25. The number of carbonyl (C=O) groups is 1. The molecule has 0 fully saturated rings. The minimum Gasteiger partial charge on any atom is -0.369 e. The molecular formula is C25H21Cl2N5O. The van der Waals surface area contributed by atoms with Gasteiger partial charge < -0.3 is 11.1 Å². The van der Waals surface area contributed by atoms with Gasteiger partial charge in [-0.25, -0.2) is 4.98 Å². The first-order valence-corrected chi connectivity index (χ1v) is 11.1.